The van der Waals surface area contributed by atoms with Gasteiger partial charge in [0.1, 0.15) is 5.75 Å². The number of aromatic hydroxyl groups is 1. The van der Waals surface area contributed by atoms with Crippen molar-refractivity contribution in [2.45, 2.75) is 20.3 Å². The molecule has 0 amide bonds. The number of ketones is 1. The molecular weight excluding hydrogens is 226 g/mol. The quantitative estimate of drug-likeness (QED) is 0.831. The Morgan fingerprint density at radius 2 is 2.00 bits per heavy atom. The van der Waals surface area contributed by atoms with E-state index in [0.717, 1.165) is 19.0 Å². The maximum atomic E-state index is 12.1. The second-order valence-corrected chi connectivity index (χ2v) is 5.31. The molecule has 1 aliphatic rings. The second-order valence-electron chi connectivity index (χ2n) is 5.31. The van der Waals surface area contributed by atoms with Gasteiger partial charge in [0.15, 0.2) is 5.78 Å². The van der Waals surface area contributed by atoms with Crippen LogP contribution < -0.4 is 0 Å². The first-order valence-electron chi connectivity index (χ1n) is 6.64. The maximum Gasteiger partial charge on any atom is 0.176 e. The molecule has 0 bridgehead atoms. The Labute approximate surface area is 108 Å². The molecule has 1 fully saturated rings. The molecule has 0 saturated carbocycles. The van der Waals surface area contributed by atoms with Crippen LogP contribution in [-0.2, 0) is 0 Å². The first kappa shape index (κ1) is 13.1. The first-order chi connectivity index (χ1) is 8.60. The Hall–Kier alpha value is -1.35. The molecule has 1 aliphatic heterocycles. The van der Waals surface area contributed by atoms with Crippen LogP contribution in [0.25, 0.3) is 0 Å². The number of rotatable bonds is 4. The minimum atomic E-state index is 0.138. The molecule has 3 heteroatoms. The highest BCUT2D eigenvalue weighted by Crippen LogP contribution is 2.25. The predicted octanol–water partition coefficient (Wildman–Crippen LogP) is 2.55. The zero-order chi connectivity index (χ0) is 13.1. The van der Waals surface area contributed by atoms with Gasteiger partial charge in [0.05, 0.1) is 6.54 Å². The second kappa shape index (κ2) is 5.53. The molecule has 1 saturated heterocycles. The van der Waals surface area contributed by atoms with Crippen molar-refractivity contribution in [1.82, 2.24) is 4.90 Å². The van der Waals surface area contributed by atoms with Crippen LogP contribution in [0.3, 0.4) is 0 Å². The summed E-state index contributed by atoms with van der Waals surface area (Å²) in [6, 6.07) is 6.51. The van der Waals surface area contributed by atoms with Crippen LogP contribution in [0.5, 0.6) is 5.75 Å². The Kier molecular flexibility index (Phi) is 4.02. The van der Waals surface area contributed by atoms with Crippen molar-refractivity contribution in [3.05, 3.63) is 29.8 Å². The molecule has 18 heavy (non-hydrogen) atoms. The van der Waals surface area contributed by atoms with E-state index in [1.807, 2.05) is 0 Å². The van der Waals surface area contributed by atoms with Gasteiger partial charge in [-0.2, -0.15) is 0 Å². The summed E-state index contributed by atoms with van der Waals surface area (Å²) >= 11 is 0. The van der Waals surface area contributed by atoms with Crippen LogP contribution in [-0.4, -0.2) is 35.4 Å². The summed E-state index contributed by atoms with van der Waals surface area (Å²) in [5.41, 5.74) is 0.681. The lowest BCUT2D eigenvalue weighted by Crippen LogP contribution is -2.28. The lowest BCUT2D eigenvalue weighted by atomic mass is 9.96. The molecule has 2 rings (SSSR count). The Balaban J connectivity index is 1.94. The van der Waals surface area contributed by atoms with Crippen LogP contribution in [0.2, 0.25) is 0 Å². The third kappa shape index (κ3) is 2.91. The summed E-state index contributed by atoms with van der Waals surface area (Å²) in [5, 5.41) is 9.20. The Bertz CT molecular complexity index is 413. The van der Waals surface area contributed by atoms with Gasteiger partial charge in [0.2, 0.25) is 0 Å². The van der Waals surface area contributed by atoms with Crippen molar-refractivity contribution in [2.75, 3.05) is 19.6 Å². The highest BCUT2D eigenvalue weighted by Gasteiger charge is 2.29. The summed E-state index contributed by atoms with van der Waals surface area (Å²) in [4.78, 5) is 14.3. The van der Waals surface area contributed by atoms with Crippen molar-refractivity contribution in [3.63, 3.8) is 0 Å². The van der Waals surface area contributed by atoms with Gasteiger partial charge in [-0.25, -0.2) is 0 Å². The third-order valence-corrected chi connectivity index (χ3v) is 3.92. The van der Waals surface area contributed by atoms with Crippen LogP contribution in [0, 0.1) is 11.8 Å². The van der Waals surface area contributed by atoms with Gasteiger partial charge in [-0.15, -0.1) is 0 Å². The van der Waals surface area contributed by atoms with Gasteiger partial charge in [-0.05, 0) is 36.1 Å². The van der Waals surface area contributed by atoms with Crippen molar-refractivity contribution in [3.8, 4) is 5.75 Å². The highest BCUT2D eigenvalue weighted by atomic mass is 16.3. The number of benzene rings is 1. The molecule has 2 atom stereocenters. The minimum Gasteiger partial charge on any atom is -0.508 e. The van der Waals surface area contributed by atoms with E-state index in [0.29, 0.717) is 18.0 Å². The number of phenolic OH excluding ortho intramolecular Hbond substituents is 1. The van der Waals surface area contributed by atoms with Gasteiger partial charge in [0.25, 0.3) is 0 Å². The fraction of sp³-hybridized carbons (Fsp3) is 0.533. The molecule has 0 radical (unpaired) electrons. The predicted molar refractivity (Wildman–Crippen MR) is 71.8 cm³/mol. The first-order valence-corrected chi connectivity index (χ1v) is 6.64. The van der Waals surface area contributed by atoms with Crippen LogP contribution >= 0.6 is 0 Å². The fourth-order valence-electron chi connectivity index (χ4n) is 2.74. The molecule has 0 aliphatic carbocycles. The zero-order valence-corrected chi connectivity index (χ0v) is 11.1. The van der Waals surface area contributed by atoms with Crippen molar-refractivity contribution >= 4 is 5.78 Å². The molecule has 0 spiro atoms. The molecule has 1 aromatic carbocycles. The summed E-state index contributed by atoms with van der Waals surface area (Å²) in [6.07, 6.45) is 1.19. The summed E-state index contributed by atoms with van der Waals surface area (Å²) in [5.74, 6) is 1.74. The summed E-state index contributed by atoms with van der Waals surface area (Å²) < 4.78 is 0. The molecule has 3 nitrogen and oxygen atoms in total. The van der Waals surface area contributed by atoms with Crippen molar-refractivity contribution in [2.24, 2.45) is 11.8 Å². The normalized spacial score (nSPS) is 24.3. The lowest BCUT2D eigenvalue weighted by Gasteiger charge is -2.14. The van der Waals surface area contributed by atoms with Gasteiger partial charge >= 0.3 is 0 Å². The van der Waals surface area contributed by atoms with Gasteiger partial charge in [-0.3, -0.25) is 9.69 Å². The van der Waals surface area contributed by atoms with Gasteiger partial charge in [0, 0.05) is 18.7 Å². The SMILES string of the molecule is CC[C@@H]1CN(CC(=O)c2ccc(O)cc2)C[C@@H]1C. The van der Waals surface area contributed by atoms with E-state index >= 15 is 0 Å². The fourth-order valence-corrected chi connectivity index (χ4v) is 2.74. The van der Waals surface area contributed by atoms with E-state index in [1.165, 1.54) is 6.42 Å². The van der Waals surface area contributed by atoms with Crippen LogP contribution in [0.1, 0.15) is 30.6 Å². The number of hydrogen-bond donors (Lipinski definition) is 1. The van der Waals surface area contributed by atoms with Crippen molar-refractivity contribution in [1.29, 1.82) is 0 Å². The molecule has 0 unspecified atom stereocenters. The minimum absolute atomic E-state index is 0.138. The van der Waals surface area contributed by atoms with E-state index in [2.05, 4.69) is 18.7 Å². The van der Waals surface area contributed by atoms with E-state index in [1.54, 1.807) is 24.3 Å². The Morgan fingerprint density at radius 3 is 2.56 bits per heavy atom. The highest BCUT2D eigenvalue weighted by molar-refractivity contribution is 5.97. The van der Waals surface area contributed by atoms with Crippen molar-refractivity contribution < 1.29 is 9.90 Å². The van der Waals surface area contributed by atoms with E-state index in [9.17, 15) is 9.90 Å². The zero-order valence-electron chi connectivity index (χ0n) is 11.1. The number of Topliss-reactive ketones (excluding diaryl/α,β-unsaturated/α-hetero) is 1. The summed E-state index contributed by atoms with van der Waals surface area (Å²) in [6.45, 7) is 7.01. The number of hydrogen-bond acceptors (Lipinski definition) is 3. The smallest absolute Gasteiger partial charge is 0.176 e. The number of likely N-dealkylation sites (tertiary alicyclic amines) is 1. The number of carbonyl (C=O) groups excluding carboxylic acids is 1. The molecule has 1 N–H and O–H groups in total. The molecule has 1 heterocycles. The van der Waals surface area contributed by atoms with Crippen LogP contribution in [0.4, 0.5) is 0 Å². The van der Waals surface area contributed by atoms with Gasteiger partial charge < -0.3 is 5.11 Å². The van der Waals surface area contributed by atoms with Gasteiger partial charge in [-0.1, -0.05) is 20.3 Å². The Morgan fingerprint density at radius 1 is 1.33 bits per heavy atom. The average Bonchev–Trinajstić information content (AvgIpc) is 2.70. The largest absolute Gasteiger partial charge is 0.508 e. The number of phenols is 1. The lowest BCUT2D eigenvalue weighted by molar-refractivity contribution is 0.0942. The van der Waals surface area contributed by atoms with E-state index in [-0.39, 0.29) is 11.5 Å². The molecule has 98 valence electrons. The van der Waals surface area contributed by atoms with E-state index in [4.69, 9.17) is 0 Å². The maximum absolute atomic E-state index is 12.1. The number of carbonyl (C=O) groups is 1. The van der Waals surface area contributed by atoms with E-state index < -0.39 is 0 Å². The third-order valence-electron chi connectivity index (χ3n) is 3.92. The van der Waals surface area contributed by atoms with Crippen LogP contribution in [0.15, 0.2) is 24.3 Å². The number of nitrogens with zero attached hydrogens (tertiary/aromatic N) is 1. The topological polar surface area (TPSA) is 40.5 Å². The summed E-state index contributed by atoms with van der Waals surface area (Å²) in [7, 11) is 0. The standard InChI is InChI=1S/C15H21NO2/c1-3-12-9-16(8-11(12)2)10-15(18)13-4-6-14(17)7-5-13/h4-7,11-12,17H,3,8-10H2,1-2H3/t11-,12+/m0/s1. The molecular formula is C15H21NO2. The monoisotopic (exact) mass is 247 g/mol. The average molecular weight is 247 g/mol. The molecule has 0 aromatic heterocycles. The molecule has 1 aromatic rings.